The summed E-state index contributed by atoms with van der Waals surface area (Å²) in [6.45, 7) is 1.84. The number of benzene rings is 1. The van der Waals surface area contributed by atoms with Gasteiger partial charge in [-0.05, 0) is 18.6 Å². The second-order valence-corrected chi connectivity index (χ2v) is 5.16. The molecule has 3 aromatic rings. The molecule has 0 radical (unpaired) electrons. The number of carbonyl (C=O) groups is 1. The minimum Gasteiger partial charge on any atom is -0.323 e. The second-order valence-electron chi connectivity index (χ2n) is 5.16. The van der Waals surface area contributed by atoms with Crippen LogP contribution in [-0.2, 0) is 17.8 Å². The normalized spacial score (nSPS) is 10.7. The molecule has 0 aliphatic rings. The van der Waals surface area contributed by atoms with Gasteiger partial charge in [0.2, 0.25) is 5.91 Å². The molecule has 0 atom stereocenters. The second kappa shape index (κ2) is 6.39. The summed E-state index contributed by atoms with van der Waals surface area (Å²) in [5.41, 5.74) is 1.94. The smallest absolute Gasteiger partial charge is 0.253 e. The number of fused-ring (bicyclic) bond motifs is 1. The third-order valence-electron chi connectivity index (χ3n) is 3.49. The maximum atomic E-state index is 12.1. The zero-order valence-corrected chi connectivity index (χ0v) is 12.7. The molecule has 0 bridgehead atoms. The summed E-state index contributed by atoms with van der Waals surface area (Å²) in [5.74, 6) is -0.296. The van der Waals surface area contributed by atoms with Crippen LogP contribution in [0.5, 0.6) is 0 Å². The van der Waals surface area contributed by atoms with Crippen LogP contribution in [0, 0.1) is 0 Å². The fraction of sp³-hybridized carbons (Fsp3) is 0.176. The fourth-order valence-corrected chi connectivity index (χ4v) is 2.27. The van der Waals surface area contributed by atoms with Crippen LogP contribution in [0.2, 0.25) is 0 Å². The summed E-state index contributed by atoms with van der Waals surface area (Å²) < 4.78 is 1.28. The molecular weight excluding hydrogens is 292 g/mol. The molecule has 0 unspecified atom stereocenters. The van der Waals surface area contributed by atoms with Gasteiger partial charge in [-0.1, -0.05) is 25.1 Å². The van der Waals surface area contributed by atoms with E-state index in [-0.39, 0.29) is 18.0 Å². The average Bonchev–Trinajstić information content (AvgIpc) is 2.56. The lowest BCUT2D eigenvalue weighted by Gasteiger charge is -2.08. The number of anilines is 1. The number of pyridine rings is 1. The van der Waals surface area contributed by atoms with Crippen molar-refractivity contribution in [3.05, 3.63) is 65.0 Å². The van der Waals surface area contributed by atoms with Crippen molar-refractivity contribution in [2.75, 3.05) is 5.32 Å². The van der Waals surface area contributed by atoms with Gasteiger partial charge in [0.05, 0.1) is 23.7 Å². The predicted molar refractivity (Wildman–Crippen MR) is 88.2 cm³/mol. The largest absolute Gasteiger partial charge is 0.323 e. The highest BCUT2D eigenvalue weighted by Crippen LogP contribution is 2.15. The maximum Gasteiger partial charge on any atom is 0.253 e. The number of rotatable bonds is 4. The molecule has 0 spiro atoms. The van der Waals surface area contributed by atoms with Crippen LogP contribution in [0.4, 0.5) is 5.69 Å². The lowest BCUT2D eigenvalue weighted by molar-refractivity contribution is -0.116. The van der Waals surface area contributed by atoms with Crippen molar-refractivity contribution in [1.29, 1.82) is 0 Å². The number of aryl methyl sites for hydroxylation is 1. The van der Waals surface area contributed by atoms with E-state index in [0.29, 0.717) is 17.8 Å². The van der Waals surface area contributed by atoms with Crippen LogP contribution in [0.15, 0.2) is 53.7 Å². The average molecular weight is 308 g/mol. The van der Waals surface area contributed by atoms with Crippen molar-refractivity contribution in [3.63, 3.8) is 0 Å². The zero-order valence-electron chi connectivity index (χ0n) is 12.7. The standard InChI is InChI=1S/C17H16N4O2/c1-2-13-8-17(23)21(11-19-13)10-16(22)20-14-7-12-5-3-4-6-15(12)18-9-14/h3-9,11H,2,10H2,1H3,(H,20,22). The summed E-state index contributed by atoms with van der Waals surface area (Å²) >= 11 is 0. The lowest BCUT2D eigenvalue weighted by atomic mass is 10.2. The predicted octanol–water partition coefficient (Wildman–Crippen LogP) is 1.99. The summed E-state index contributed by atoms with van der Waals surface area (Å²) in [5, 5.41) is 3.69. The van der Waals surface area contributed by atoms with E-state index in [4.69, 9.17) is 0 Å². The highest BCUT2D eigenvalue weighted by Gasteiger charge is 2.07. The molecule has 2 aromatic heterocycles. The van der Waals surface area contributed by atoms with Crippen LogP contribution in [0.1, 0.15) is 12.6 Å². The van der Waals surface area contributed by atoms with Gasteiger partial charge in [0.15, 0.2) is 0 Å². The summed E-state index contributed by atoms with van der Waals surface area (Å²) in [4.78, 5) is 32.4. The van der Waals surface area contributed by atoms with E-state index >= 15 is 0 Å². The van der Waals surface area contributed by atoms with Crippen molar-refractivity contribution < 1.29 is 4.79 Å². The molecule has 6 nitrogen and oxygen atoms in total. The van der Waals surface area contributed by atoms with Crippen molar-refractivity contribution in [2.24, 2.45) is 0 Å². The summed E-state index contributed by atoms with van der Waals surface area (Å²) in [6, 6.07) is 11.0. The molecule has 0 aliphatic heterocycles. The van der Waals surface area contributed by atoms with Crippen LogP contribution < -0.4 is 10.9 Å². The molecule has 0 saturated carbocycles. The third kappa shape index (κ3) is 3.42. The number of hydrogen-bond donors (Lipinski definition) is 1. The molecule has 23 heavy (non-hydrogen) atoms. The molecular formula is C17H16N4O2. The van der Waals surface area contributed by atoms with E-state index in [2.05, 4.69) is 15.3 Å². The molecule has 1 aromatic carbocycles. The topological polar surface area (TPSA) is 76.9 Å². The quantitative estimate of drug-likeness (QED) is 0.799. The zero-order chi connectivity index (χ0) is 16.2. The Bertz CT molecular complexity index is 918. The van der Waals surface area contributed by atoms with Crippen molar-refractivity contribution >= 4 is 22.5 Å². The van der Waals surface area contributed by atoms with Gasteiger partial charge in [-0.2, -0.15) is 0 Å². The number of para-hydroxylation sites is 1. The Balaban J connectivity index is 1.74. The highest BCUT2D eigenvalue weighted by molar-refractivity contribution is 5.92. The molecule has 0 fully saturated rings. The van der Waals surface area contributed by atoms with Crippen LogP contribution >= 0.6 is 0 Å². The van der Waals surface area contributed by atoms with Gasteiger partial charge < -0.3 is 5.32 Å². The molecule has 2 heterocycles. The van der Waals surface area contributed by atoms with Crippen LogP contribution in [-0.4, -0.2) is 20.4 Å². The monoisotopic (exact) mass is 308 g/mol. The van der Waals surface area contributed by atoms with Crippen LogP contribution in [0.25, 0.3) is 10.9 Å². The number of nitrogens with one attached hydrogen (secondary N) is 1. The SMILES string of the molecule is CCc1cc(=O)n(CC(=O)Nc2cnc3ccccc3c2)cn1. The number of aromatic nitrogens is 3. The van der Waals surface area contributed by atoms with Gasteiger partial charge in [0.1, 0.15) is 6.54 Å². The van der Waals surface area contributed by atoms with Gasteiger partial charge in [-0.25, -0.2) is 4.98 Å². The third-order valence-corrected chi connectivity index (χ3v) is 3.49. The molecule has 0 aliphatic carbocycles. The fourth-order valence-electron chi connectivity index (χ4n) is 2.27. The molecule has 116 valence electrons. The van der Waals surface area contributed by atoms with E-state index < -0.39 is 0 Å². The Morgan fingerprint density at radius 3 is 2.83 bits per heavy atom. The van der Waals surface area contributed by atoms with E-state index in [1.165, 1.54) is 17.0 Å². The first-order valence-corrected chi connectivity index (χ1v) is 7.35. The number of hydrogen-bond acceptors (Lipinski definition) is 4. The number of carbonyl (C=O) groups excluding carboxylic acids is 1. The Hall–Kier alpha value is -3.02. The lowest BCUT2D eigenvalue weighted by Crippen LogP contribution is -2.27. The van der Waals surface area contributed by atoms with E-state index in [0.717, 1.165) is 10.9 Å². The van der Waals surface area contributed by atoms with E-state index in [1.807, 2.05) is 37.3 Å². The highest BCUT2D eigenvalue weighted by atomic mass is 16.2. The van der Waals surface area contributed by atoms with Gasteiger partial charge >= 0.3 is 0 Å². The Morgan fingerprint density at radius 1 is 1.22 bits per heavy atom. The molecule has 0 saturated heterocycles. The summed E-state index contributed by atoms with van der Waals surface area (Å²) in [6.07, 6.45) is 3.69. The van der Waals surface area contributed by atoms with Crippen molar-refractivity contribution in [1.82, 2.24) is 14.5 Å². The summed E-state index contributed by atoms with van der Waals surface area (Å²) in [7, 11) is 0. The first kappa shape index (κ1) is 14.9. The maximum absolute atomic E-state index is 12.1. The first-order chi connectivity index (χ1) is 11.2. The van der Waals surface area contributed by atoms with Gasteiger partial charge in [-0.3, -0.25) is 19.1 Å². The van der Waals surface area contributed by atoms with Gasteiger partial charge in [0, 0.05) is 17.1 Å². The minimum atomic E-state index is -0.296. The van der Waals surface area contributed by atoms with Gasteiger partial charge in [-0.15, -0.1) is 0 Å². The van der Waals surface area contributed by atoms with Crippen molar-refractivity contribution in [3.8, 4) is 0 Å². The van der Waals surface area contributed by atoms with Crippen LogP contribution in [0.3, 0.4) is 0 Å². The number of amides is 1. The first-order valence-electron chi connectivity index (χ1n) is 7.35. The molecule has 6 heteroatoms. The number of nitrogens with zero attached hydrogens (tertiary/aromatic N) is 3. The van der Waals surface area contributed by atoms with E-state index in [9.17, 15) is 9.59 Å². The minimum absolute atomic E-state index is 0.0807. The Kier molecular flexibility index (Phi) is 4.14. The van der Waals surface area contributed by atoms with E-state index in [1.54, 1.807) is 6.20 Å². The molecule has 3 rings (SSSR count). The Morgan fingerprint density at radius 2 is 2.04 bits per heavy atom. The molecule has 1 N–H and O–H groups in total. The van der Waals surface area contributed by atoms with Gasteiger partial charge in [0.25, 0.3) is 5.56 Å². The molecule has 1 amide bonds. The Labute approximate surface area is 132 Å². The van der Waals surface area contributed by atoms with Crippen molar-refractivity contribution in [2.45, 2.75) is 19.9 Å².